The lowest BCUT2D eigenvalue weighted by molar-refractivity contribution is -0.142. The largest absolute Gasteiger partial charge is 0.482 e. The molecule has 0 saturated heterocycles. The fraction of sp³-hybridized carbons (Fsp3) is 0.333. The molecule has 1 aromatic carbocycles. The maximum absolute atomic E-state index is 11.0. The summed E-state index contributed by atoms with van der Waals surface area (Å²) >= 11 is 0. The smallest absolute Gasteiger partial charge is 0.343 e. The van der Waals surface area contributed by atoms with Gasteiger partial charge in [-0.05, 0) is 31.2 Å². The minimum atomic E-state index is -0.399. The van der Waals surface area contributed by atoms with Crippen molar-refractivity contribution in [1.82, 2.24) is 9.55 Å². The van der Waals surface area contributed by atoms with Gasteiger partial charge in [0.2, 0.25) is 0 Å². The Balaban J connectivity index is 1.86. The van der Waals surface area contributed by atoms with Gasteiger partial charge < -0.3 is 19.4 Å². The zero-order valence-electron chi connectivity index (χ0n) is 12.2. The number of carbonyl (C=O) groups is 1. The van der Waals surface area contributed by atoms with Gasteiger partial charge in [0.1, 0.15) is 11.6 Å². The van der Waals surface area contributed by atoms with Gasteiger partial charge in [0.15, 0.2) is 6.61 Å². The fourth-order valence-corrected chi connectivity index (χ4v) is 1.85. The summed E-state index contributed by atoms with van der Waals surface area (Å²) in [6.45, 7) is 3.55. The number of ether oxygens (including phenoxy) is 2. The quantitative estimate of drug-likeness (QED) is 0.790. The number of carbonyl (C=O) groups excluding carboxylic acids is 1. The second-order valence-corrected chi connectivity index (χ2v) is 4.37. The number of anilines is 1. The second kappa shape index (κ2) is 7.33. The number of benzene rings is 1. The number of nitrogens with one attached hydrogen (secondary N) is 1. The van der Waals surface area contributed by atoms with Crippen LogP contribution in [-0.4, -0.2) is 29.2 Å². The third-order valence-electron chi connectivity index (χ3n) is 3.03. The van der Waals surface area contributed by atoms with E-state index in [2.05, 4.69) is 26.5 Å². The summed E-state index contributed by atoms with van der Waals surface area (Å²) in [5, 5.41) is 3.29. The lowest BCUT2D eigenvalue weighted by Crippen LogP contribution is -2.12. The molecule has 0 aliphatic heterocycles. The van der Waals surface area contributed by atoms with Crippen LogP contribution in [0.2, 0.25) is 0 Å². The number of imidazole rings is 1. The van der Waals surface area contributed by atoms with Crippen LogP contribution in [0.4, 0.5) is 5.69 Å². The van der Waals surface area contributed by atoms with Crippen molar-refractivity contribution in [2.75, 3.05) is 19.0 Å². The predicted octanol–water partition coefficient (Wildman–Crippen LogP) is 2.07. The van der Waals surface area contributed by atoms with Gasteiger partial charge in [-0.3, -0.25) is 0 Å². The lowest BCUT2D eigenvalue weighted by Gasteiger charge is -2.09. The number of rotatable bonds is 7. The van der Waals surface area contributed by atoms with Gasteiger partial charge in [-0.15, -0.1) is 0 Å². The molecule has 2 aromatic rings. The Morgan fingerprint density at radius 2 is 2.10 bits per heavy atom. The molecule has 2 rings (SSSR count). The summed E-state index contributed by atoms with van der Waals surface area (Å²) in [6, 6.07) is 7.40. The summed E-state index contributed by atoms with van der Waals surface area (Å²) in [5.74, 6) is 1.22. The highest BCUT2D eigenvalue weighted by Crippen LogP contribution is 2.16. The van der Waals surface area contributed by atoms with Gasteiger partial charge >= 0.3 is 5.97 Å². The molecule has 21 heavy (non-hydrogen) atoms. The summed E-state index contributed by atoms with van der Waals surface area (Å²) < 4.78 is 11.9. The number of hydrogen-bond donors (Lipinski definition) is 1. The van der Waals surface area contributed by atoms with Crippen LogP contribution in [0.5, 0.6) is 5.75 Å². The molecule has 0 fully saturated rings. The van der Waals surface area contributed by atoms with E-state index in [-0.39, 0.29) is 6.61 Å². The molecule has 0 aliphatic rings. The van der Waals surface area contributed by atoms with Crippen LogP contribution in [-0.2, 0) is 22.6 Å². The summed E-state index contributed by atoms with van der Waals surface area (Å²) in [4.78, 5) is 15.3. The molecule has 6 heteroatoms. The molecule has 0 amide bonds. The van der Waals surface area contributed by atoms with Crippen LogP contribution in [0, 0.1) is 0 Å². The SMILES string of the molecule is CCn1ccnc1CNc1ccc(OCC(=O)OC)cc1. The topological polar surface area (TPSA) is 65.4 Å². The standard InChI is InChI=1S/C15H19N3O3/c1-3-18-9-8-16-14(18)10-17-12-4-6-13(7-5-12)21-11-15(19)20-2/h4-9,17H,3,10-11H2,1-2H3. The fourth-order valence-electron chi connectivity index (χ4n) is 1.85. The molecule has 0 aliphatic carbocycles. The van der Waals surface area contributed by atoms with Crippen molar-refractivity contribution in [3.8, 4) is 5.75 Å². The maximum atomic E-state index is 11.0. The average Bonchev–Trinajstić information content (AvgIpc) is 2.99. The molecule has 0 bridgehead atoms. The molecule has 0 radical (unpaired) electrons. The number of methoxy groups -OCH3 is 1. The zero-order valence-corrected chi connectivity index (χ0v) is 12.2. The first-order valence-electron chi connectivity index (χ1n) is 6.76. The molecule has 0 atom stereocenters. The van der Waals surface area contributed by atoms with Crippen molar-refractivity contribution < 1.29 is 14.3 Å². The average molecular weight is 289 g/mol. The first-order chi connectivity index (χ1) is 10.2. The molecule has 112 valence electrons. The molecular weight excluding hydrogens is 270 g/mol. The molecule has 0 unspecified atom stereocenters. The number of nitrogens with zero attached hydrogens (tertiary/aromatic N) is 2. The van der Waals surface area contributed by atoms with Crippen molar-refractivity contribution in [1.29, 1.82) is 0 Å². The van der Waals surface area contributed by atoms with Crippen molar-refractivity contribution in [3.05, 3.63) is 42.5 Å². The van der Waals surface area contributed by atoms with E-state index >= 15 is 0 Å². The van der Waals surface area contributed by atoms with Crippen molar-refractivity contribution in [3.63, 3.8) is 0 Å². The Kier molecular flexibility index (Phi) is 5.20. The normalized spacial score (nSPS) is 10.2. The van der Waals surface area contributed by atoms with E-state index in [1.807, 2.05) is 18.3 Å². The van der Waals surface area contributed by atoms with Crippen LogP contribution < -0.4 is 10.1 Å². The van der Waals surface area contributed by atoms with Gasteiger partial charge in [-0.2, -0.15) is 0 Å². The van der Waals surface area contributed by atoms with Gasteiger partial charge in [-0.1, -0.05) is 0 Å². The van der Waals surface area contributed by atoms with E-state index in [0.29, 0.717) is 12.3 Å². The molecule has 0 spiro atoms. The Labute approximate surface area is 123 Å². The van der Waals surface area contributed by atoms with Crippen LogP contribution in [0.1, 0.15) is 12.7 Å². The Bertz CT molecular complexity index is 578. The van der Waals surface area contributed by atoms with Crippen LogP contribution in [0.3, 0.4) is 0 Å². The van der Waals surface area contributed by atoms with E-state index in [4.69, 9.17) is 4.74 Å². The lowest BCUT2D eigenvalue weighted by atomic mass is 10.3. The Morgan fingerprint density at radius 1 is 1.33 bits per heavy atom. The van der Waals surface area contributed by atoms with E-state index in [1.165, 1.54) is 7.11 Å². The van der Waals surface area contributed by atoms with Crippen molar-refractivity contribution in [2.24, 2.45) is 0 Å². The van der Waals surface area contributed by atoms with Gasteiger partial charge in [-0.25, -0.2) is 9.78 Å². The number of aromatic nitrogens is 2. The molecule has 1 aromatic heterocycles. The van der Waals surface area contributed by atoms with Crippen LogP contribution >= 0.6 is 0 Å². The molecule has 6 nitrogen and oxygen atoms in total. The van der Waals surface area contributed by atoms with Crippen LogP contribution in [0.25, 0.3) is 0 Å². The molecular formula is C15H19N3O3. The van der Waals surface area contributed by atoms with Gasteiger partial charge in [0.05, 0.1) is 13.7 Å². The van der Waals surface area contributed by atoms with E-state index in [1.54, 1.807) is 18.3 Å². The minimum absolute atomic E-state index is 0.0861. The minimum Gasteiger partial charge on any atom is -0.482 e. The zero-order chi connectivity index (χ0) is 15.1. The monoisotopic (exact) mass is 289 g/mol. The summed E-state index contributed by atoms with van der Waals surface area (Å²) in [7, 11) is 1.33. The molecule has 0 saturated carbocycles. The number of esters is 1. The first-order valence-corrected chi connectivity index (χ1v) is 6.76. The number of hydrogen-bond acceptors (Lipinski definition) is 5. The van der Waals surface area contributed by atoms with Gasteiger partial charge in [0, 0.05) is 24.6 Å². The van der Waals surface area contributed by atoms with E-state index < -0.39 is 5.97 Å². The summed E-state index contributed by atoms with van der Waals surface area (Å²) in [6.07, 6.45) is 3.75. The summed E-state index contributed by atoms with van der Waals surface area (Å²) in [5.41, 5.74) is 0.964. The second-order valence-electron chi connectivity index (χ2n) is 4.37. The van der Waals surface area contributed by atoms with Crippen LogP contribution in [0.15, 0.2) is 36.7 Å². The Morgan fingerprint density at radius 3 is 2.76 bits per heavy atom. The van der Waals surface area contributed by atoms with E-state index in [0.717, 1.165) is 18.1 Å². The highest BCUT2D eigenvalue weighted by molar-refractivity contribution is 5.70. The third-order valence-corrected chi connectivity index (χ3v) is 3.03. The van der Waals surface area contributed by atoms with Crippen molar-refractivity contribution in [2.45, 2.75) is 20.0 Å². The highest BCUT2D eigenvalue weighted by atomic mass is 16.6. The number of aryl methyl sites for hydroxylation is 1. The maximum Gasteiger partial charge on any atom is 0.343 e. The van der Waals surface area contributed by atoms with Gasteiger partial charge in [0.25, 0.3) is 0 Å². The Hall–Kier alpha value is -2.50. The first kappa shape index (κ1) is 14.9. The third kappa shape index (κ3) is 4.24. The predicted molar refractivity (Wildman–Crippen MR) is 79.2 cm³/mol. The van der Waals surface area contributed by atoms with E-state index in [9.17, 15) is 4.79 Å². The highest BCUT2D eigenvalue weighted by Gasteiger charge is 2.03. The van der Waals surface area contributed by atoms with Crippen molar-refractivity contribution >= 4 is 11.7 Å². The molecule has 1 N–H and O–H groups in total. The molecule has 1 heterocycles.